The fraction of sp³-hybridized carbons (Fsp3) is 0.625. The minimum atomic E-state index is -1.05. The first-order valence-electron chi connectivity index (χ1n) is 5.07. The lowest BCUT2D eigenvalue weighted by Crippen LogP contribution is -2.21. The standard InChI is InChI=1S/C8H11N3O4/c12-8-7(11(13)14)5-10(9-8)6-1-3-15-4-2-6/h5-6H,1-4H2,(H,9,12)/i6D. The molecule has 82 valence electrons. The molecule has 7 nitrogen and oxygen atoms in total. The molecule has 1 aromatic rings. The molecule has 0 saturated carbocycles. The van der Waals surface area contributed by atoms with Crippen LogP contribution >= 0.6 is 0 Å². The van der Waals surface area contributed by atoms with Gasteiger partial charge in [0.25, 0.3) is 0 Å². The van der Waals surface area contributed by atoms with E-state index < -0.39 is 22.2 Å². The van der Waals surface area contributed by atoms with Gasteiger partial charge in [0.2, 0.25) is 0 Å². The van der Waals surface area contributed by atoms with E-state index in [1.165, 1.54) is 4.68 Å². The van der Waals surface area contributed by atoms with Gasteiger partial charge in [0.1, 0.15) is 6.20 Å². The van der Waals surface area contributed by atoms with Gasteiger partial charge in [-0.05, 0) is 12.8 Å². The van der Waals surface area contributed by atoms with Gasteiger partial charge in [-0.2, -0.15) is 0 Å². The van der Waals surface area contributed by atoms with Crippen molar-refractivity contribution >= 4 is 5.69 Å². The zero-order chi connectivity index (χ0) is 11.8. The Morgan fingerprint density at radius 2 is 2.33 bits per heavy atom. The van der Waals surface area contributed by atoms with Gasteiger partial charge in [0.15, 0.2) is 0 Å². The van der Waals surface area contributed by atoms with Crippen LogP contribution in [0.5, 0.6) is 0 Å². The molecule has 0 atom stereocenters. The summed E-state index contributed by atoms with van der Waals surface area (Å²) in [5.41, 5.74) is -1.30. The van der Waals surface area contributed by atoms with Gasteiger partial charge < -0.3 is 4.74 Å². The van der Waals surface area contributed by atoms with E-state index in [9.17, 15) is 14.9 Å². The van der Waals surface area contributed by atoms with E-state index in [4.69, 9.17) is 6.11 Å². The predicted molar refractivity (Wildman–Crippen MR) is 50.8 cm³/mol. The van der Waals surface area contributed by atoms with Crippen LogP contribution in [0.4, 0.5) is 5.69 Å². The first-order chi connectivity index (χ1) is 7.53. The van der Waals surface area contributed by atoms with Gasteiger partial charge in [-0.15, -0.1) is 0 Å². The second-order valence-corrected chi connectivity index (χ2v) is 3.26. The van der Waals surface area contributed by atoms with E-state index in [0.717, 1.165) is 6.20 Å². The first kappa shape index (κ1) is 8.66. The van der Waals surface area contributed by atoms with Crippen LogP contribution in [0.25, 0.3) is 0 Å². The summed E-state index contributed by atoms with van der Waals surface area (Å²) in [7, 11) is 0. The molecule has 2 rings (SSSR count). The molecule has 1 fully saturated rings. The summed E-state index contributed by atoms with van der Waals surface area (Å²) >= 11 is 0. The molecule has 1 aliphatic heterocycles. The van der Waals surface area contributed by atoms with Crippen LogP contribution in [0.3, 0.4) is 0 Å². The van der Waals surface area contributed by atoms with Crippen LogP contribution in [-0.4, -0.2) is 27.9 Å². The molecule has 0 unspecified atom stereocenters. The van der Waals surface area contributed by atoms with E-state index in [2.05, 4.69) is 5.10 Å². The molecule has 1 aromatic heterocycles. The first-order valence-corrected chi connectivity index (χ1v) is 4.57. The van der Waals surface area contributed by atoms with E-state index >= 15 is 0 Å². The minimum Gasteiger partial charge on any atom is -0.381 e. The molecule has 1 saturated heterocycles. The molecular weight excluding hydrogens is 202 g/mol. The summed E-state index contributed by atoms with van der Waals surface area (Å²) in [5.74, 6) is 0. The number of ether oxygens (including phenoxy) is 1. The average molecular weight is 214 g/mol. The lowest BCUT2D eigenvalue weighted by atomic mass is 10.1. The summed E-state index contributed by atoms with van der Waals surface area (Å²) in [6, 6.07) is -1.05. The maximum absolute atomic E-state index is 11.2. The minimum absolute atomic E-state index is 0.398. The molecule has 15 heavy (non-hydrogen) atoms. The monoisotopic (exact) mass is 214 g/mol. The Morgan fingerprint density at radius 1 is 1.67 bits per heavy atom. The average Bonchev–Trinajstić information content (AvgIpc) is 2.62. The van der Waals surface area contributed by atoms with Gasteiger partial charge in [-0.25, -0.2) is 0 Å². The number of nitrogens with one attached hydrogen (secondary N) is 1. The zero-order valence-electron chi connectivity index (χ0n) is 8.93. The number of H-pyrrole nitrogens is 1. The fourth-order valence-electron chi connectivity index (χ4n) is 1.53. The zero-order valence-corrected chi connectivity index (χ0v) is 7.93. The summed E-state index contributed by atoms with van der Waals surface area (Å²) in [5, 5.41) is 12.8. The topological polar surface area (TPSA) is 90.2 Å². The van der Waals surface area contributed by atoms with Gasteiger partial charge in [-0.3, -0.25) is 24.7 Å². The van der Waals surface area contributed by atoms with Crippen molar-refractivity contribution in [3.8, 4) is 0 Å². The van der Waals surface area contributed by atoms with Crippen LogP contribution in [0.15, 0.2) is 11.0 Å². The highest BCUT2D eigenvalue weighted by Gasteiger charge is 2.21. The largest absolute Gasteiger partial charge is 0.381 e. The second kappa shape index (κ2) is 3.85. The van der Waals surface area contributed by atoms with Crippen molar-refractivity contribution < 1.29 is 11.0 Å². The van der Waals surface area contributed by atoms with Crippen molar-refractivity contribution in [3.63, 3.8) is 0 Å². The van der Waals surface area contributed by atoms with Gasteiger partial charge in [0, 0.05) is 13.2 Å². The van der Waals surface area contributed by atoms with E-state index in [0.29, 0.717) is 26.1 Å². The number of hydrogen-bond donors (Lipinski definition) is 1. The van der Waals surface area contributed by atoms with Crippen LogP contribution in [0.2, 0.25) is 0 Å². The number of nitro groups is 1. The van der Waals surface area contributed by atoms with Crippen molar-refractivity contribution in [2.24, 2.45) is 0 Å². The van der Waals surface area contributed by atoms with Gasteiger partial charge >= 0.3 is 11.2 Å². The number of hydrogen-bond acceptors (Lipinski definition) is 4. The highest BCUT2D eigenvalue weighted by molar-refractivity contribution is 5.21. The third kappa shape index (κ3) is 1.91. The fourth-order valence-corrected chi connectivity index (χ4v) is 1.53. The number of nitrogens with zero attached hydrogens (tertiary/aromatic N) is 2. The van der Waals surface area contributed by atoms with Crippen molar-refractivity contribution in [1.29, 1.82) is 0 Å². The summed E-state index contributed by atoms with van der Waals surface area (Å²) in [6.45, 7) is 0.828. The Morgan fingerprint density at radius 3 is 2.87 bits per heavy atom. The molecule has 0 radical (unpaired) electrons. The number of aromatic nitrogens is 2. The van der Waals surface area contributed by atoms with Gasteiger partial charge in [-0.1, -0.05) is 0 Å². The molecular formula is C8H11N3O4. The molecule has 0 amide bonds. The third-order valence-electron chi connectivity index (χ3n) is 2.31. The molecule has 7 heteroatoms. The molecule has 0 aliphatic carbocycles. The van der Waals surface area contributed by atoms with E-state index in [1.54, 1.807) is 0 Å². The Balaban J connectivity index is 2.36. The molecule has 1 aliphatic rings. The normalized spacial score (nSPS) is 20.9. The Hall–Kier alpha value is -1.63. The maximum Gasteiger partial charge on any atom is 0.352 e. The molecule has 0 aromatic carbocycles. The summed E-state index contributed by atoms with van der Waals surface area (Å²) in [4.78, 5) is 21.0. The Kier molecular flexibility index (Phi) is 2.23. The van der Waals surface area contributed by atoms with Crippen LogP contribution in [0.1, 0.15) is 20.2 Å². The highest BCUT2D eigenvalue weighted by Crippen LogP contribution is 2.20. The lowest BCUT2D eigenvalue weighted by molar-refractivity contribution is -0.386. The van der Waals surface area contributed by atoms with E-state index in [1.807, 2.05) is 0 Å². The third-order valence-corrected chi connectivity index (χ3v) is 2.31. The van der Waals surface area contributed by atoms with Gasteiger partial charge in [0.05, 0.1) is 12.3 Å². The molecule has 0 spiro atoms. The number of aromatic amines is 1. The quantitative estimate of drug-likeness (QED) is 0.571. The lowest BCUT2D eigenvalue weighted by Gasteiger charge is -2.22. The smallest absolute Gasteiger partial charge is 0.352 e. The van der Waals surface area contributed by atoms with Crippen molar-refractivity contribution in [1.82, 2.24) is 9.78 Å². The van der Waals surface area contributed by atoms with Crippen molar-refractivity contribution in [2.45, 2.75) is 18.9 Å². The Bertz CT molecular complexity index is 460. The molecule has 0 bridgehead atoms. The Labute approximate surface area is 86.2 Å². The summed E-state index contributed by atoms with van der Waals surface area (Å²) in [6.07, 6.45) is 1.88. The van der Waals surface area contributed by atoms with Crippen molar-refractivity contribution in [3.05, 3.63) is 26.7 Å². The maximum atomic E-state index is 11.2. The molecule has 2 heterocycles. The predicted octanol–water partition coefficient (Wildman–Crippen LogP) is 0.436. The van der Waals surface area contributed by atoms with E-state index in [-0.39, 0.29) is 0 Å². The van der Waals surface area contributed by atoms with Crippen LogP contribution in [-0.2, 0) is 4.74 Å². The van der Waals surface area contributed by atoms with Crippen molar-refractivity contribution in [2.75, 3.05) is 13.2 Å². The highest BCUT2D eigenvalue weighted by atomic mass is 16.6. The van der Waals surface area contributed by atoms with Crippen LogP contribution in [0, 0.1) is 10.1 Å². The second-order valence-electron chi connectivity index (χ2n) is 3.26. The SMILES string of the molecule is [2H]C1(n2cc([N+](=O)[O-])c(=O)[nH]2)CCOCC1. The number of rotatable bonds is 2. The van der Waals surface area contributed by atoms with Crippen LogP contribution < -0.4 is 5.56 Å². The summed E-state index contributed by atoms with van der Waals surface area (Å²) < 4.78 is 14.4. The molecule has 1 N–H and O–H groups in total.